The number of hydrogen-bond donors (Lipinski definition) is 1. The minimum absolute atomic E-state index is 0.522. The standard InChI is InChI=1S/C14H18N4/c1-3-18(4-2)9-8-17-14-12(10-15)6-5-7-13(14)11-16/h5-7,17H,3-4,8-9H2,1-2H3. The minimum atomic E-state index is 0.522. The molecule has 1 rings (SSSR count). The van der Waals surface area contributed by atoms with Crippen molar-refractivity contribution in [3.63, 3.8) is 0 Å². The first-order chi connectivity index (χ1) is 8.76. The van der Waals surface area contributed by atoms with E-state index in [1.807, 2.05) is 0 Å². The monoisotopic (exact) mass is 242 g/mol. The lowest BCUT2D eigenvalue weighted by Gasteiger charge is -2.19. The first-order valence-electron chi connectivity index (χ1n) is 6.16. The summed E-state index contributed by atoms with van der Waals surface area (Å²) in [5.74, 6) is 0. The Morgan fingerprint density at radius 3 is 2.11 bits per heavy atom. The lowest BCUT2D eigenvalue weighted by molar-refractivity contribution is 0.316. The van der Waals surface area contributed by atoms with Crippen LogP contribution in [0.4, 0.5) is 5.69 Å². The second-order valence-electron chi connectivity index (χ2n) is 3.91. The molecular formula is C14H18N4. The molecule has 0 heterocycles. The third-order valence-corrected chi connectivity index (χ3v) is 2.93. The summed E-state index contributed by atoms with van der Waals surface area (Å²) in [6.07, 6.45) is 0. The number of likely N-dealkylation sites (N-methyl/N-ethyl adjacent to an activating group) is 1. The van der Waals surface area contributed by atoms with Crippen molar-refractivity contribution in [1.29, 1.82) is 10.5 Å². The molecule has 0 fully saturated rings. The largest absolute Gasteiger partial charge is 0.382 e. The molecule has 18 heavy (non-hydrogen) atoms. The highest BCUT2D eigenvalue weighted by Crippen LogP contribution is 2.19. The van der Waals surface area contributed by atoms with Crippen molar-refractivity contribution < 1.29 is 0 Å². The fraction of sp³-hybridized carbons (Fsp3) is 0.429. The van der Waals surface area contributed by atoms with Crippen LogP contribution in [0.5, 0.6) is 0 Å². The lowest BCUT2D eigenvalue weighted by Crippen LogP contribution is -2.28. The third-order valence-electron chi connectivity index (χ3n) is 2.93. The maximum Gasteiger partial charge on any atom is 0.101 e. The van der Waals surface area contributed by atoms with E-state index in [0.29, 0.717) is 16.8 Å². The summed E-state index contributed by atoms with van der Waals surface area (Å²) in [7, 11) is 0. The van der Waals surface area contributed by atoms with Crippen molar-refractivity contribution in [2.75, 3.05) is 31.5 Å². The summed E-state index contributed by atoms with van der Waals surface area (Å²) < 4.78 is 0. The Bertz CT molecular complexity index is 431. The molecule has 1 aromatic carbocycles. The first kappa shape index (κ1) is 14.0. The van der Waals surface area contributed by atoms with Gasteiger partial charge in [0.15, 0.2) is 0 Å². The number of para-hydroxylation sites is 1. The summed E-state index contributed by atoms with van der Waals surface area (Å²) in [6, 6.07) is 9.39. The van der Waals surface area contributed by atoms with E-state index >= 15 is 0 Å². The first-order valence-corrected chi connectivity index (χ1v) is 6.16. The van der Waals surface area contributed by atoms with Gasteiger partial charge in [-0.2, -0.15) is 10.5 Å². The maximum atomic E-state index is 9.03. The number of anilines is 1. The highest BCUT2D eigenvalue weighted by atomic mass is 15.1. The molecule has 4 nitrogen and oxygen atoms in total. The van der Waals surface area contributed by atoms with Crippen LogP contribution < -0.4 is 5.32 Å². The second-order valence-corrected chi connectivity index (χ2v) is 3.91. The predicted octanol–water partition coefficient (Wildman–Crippen LogP) is 2.18. The SMILES string of the molecule is CCN(CC)CCNc1c(C#N)cccc1C#N. The maximum absolute atomic E-state index is 9.03. The number of nitrogens with zero attached hydrogens (tertiary/aromatic N) is 3. The molecule has 0 aromatic heterocycles. The zero-order valence-electron chi connectivity index (χ0n) is 10.9. The summed E-state index contributed by atoms with van der Waals surface area (Å²) in [5, 5.41) is 21.3. The van der Waals surface area contributed by atoms with Gasteiger partial charge in [-0.25, -0.2) is 0 Å². The van der Waals surface area contributed by atoms with E-state index in [9.17, 15) is 0 Å². The molecule has 0 atom stereocenters. The van der Waals surface area contributed by atoms with Crippen LogP contribution in [0.2, 0.25) is 0 Å². The number of hydrogen-bond acceptors (Lipinski definition) is 4. The van der Waals surface area contributed by atoms with Crippen LogP contribution in [0, 0.1) is 22.7 Å². The van der Waals surface area contributed by atoms with Gasteiger partial charge in [0.05, 0.1) is 16.8 Å². The van der Waals surface area contributed by atoms with E-state index in [1.54, 1.807) is 18.2 Å². The van der Waals surface area contributed by atoms with Crippen molar-refractivity contribution in [2.45, 2.75) is 13.8 Å². The van der Waals surface area contributed by atoms with Gasteiger partial charge in [0.2, 0.25) is 0 Å². The smallest absolute Gasteiger partial charge is 0.101 e. The predicted molar refractivity (Wildman–Crippen MR) is 72.1 cm³/mol. The molecular weight excluding hydrogens is 224 g/mol. The van der Waals surface area contributed by atoms with E-state index < -0.39 is 0 Å². The quantitative estimate of drug-likeness (QED) is 0.830. The van der Waals surface area contributed by atoms with Crippen molar-refractivity contribution >= 4 is 5.69 Å². The average Bonchev–Trinajstić information content (AvgIpc) is 2.43. The molecule has 4 heteroatoms. The molecule has 0 radical (unpaired) electrons. The van der Waals surface area contributed by atoms with E-state index in [-0.39, 0.29) is 0 Å². The number of benzene rings is 1. The molecule has 0 unspecified atom stereocenters. The van der Waals surface area contributed by atoms with E-state index in [4.69, 9.17) is 10.5 Å². The fourth-order valence-electron chi connectivity index (χ4n) is 1.81. The third kappa shape index (κ3) is 3.48. The van der Waals surface area contributed by atoms with Crippen LogP contribution in [0.15, 0.2) is 18.2 Å². The molecule has 1 N–H and O–H groups in total. The zero-order valence-corrected chi connectivity index (χ0v) is 10.9. The van der Waals surface area contributed by atoms with Crippen LogP contribution in [0.1, 0.15) is 25.0 Å². The molecule has 0 spiro atoms. The van der Waals surface area contributed by atoms with Gasteiger partial charge in [0.1, 0.15) is 12.1 Å². The van der Waals surface area contributed by atoms with Crippen molar-refractivity contribution in [3.05, 3.63) is 29.3 Å². The Hall–Kier alpha value is -2.04. The Labute approximate surface area is 108 Å². The van der Waals surface area contributed by atoms with Crippen LogP contribution in [0.3, 0.4) is 0 Å². The number of nitrogens with one attached hydrogen (secondary N) is 1. The van der Waals surface area contributed by atoms with Gasteiger partial charge < -0.3 is 10.2 Å². The molecule has 0 bridgehead atoms. The summed E-state index contributed by atoms with van der Waals surface area (Å²) in [5.41, 5.74) is 1.69. The van der Waals surface area contributed by atoms with Crippen LogP contribution in [0.25, 0.3) is 0 Å². The van der Waals surface area contributed by atoms with Gasteiger partial charge in [-0.1, -0.05) is 19.9 Å². The topological polar surface area (TPSA) is 62.9 Å². The van der Waals surface area contributed by atoms with E-state index in [1.165, 1.54) is 0 Å². The van der Waals surface area contributed by atoms with E-state index in [0.717, 1.165) is 26.2 Å². The normalized spacial score (nSPS) is 9.83. The summed E-state index contributed by atoms with van der Waals surface area (Å²) >= 11 is 0. The molecule has 0 amide bonds. The van der Waals surface area contributed by atoms with Gasteiger partial charge in [0.25, 0.3) is 0 Å². The van der Waals surface area contributed by atoms with Crippen molar-refractivity contribution in [1.82, 2.24) is 4.90 Å². The molecule has 0 saturated heterocycles. The van der Waals surface area contributed by atoms with Crippen molar-refractivity contribution in [3.8, 4) is 12.1 Å². The summed E-state index contributed by atoms with van der Waals surface area (Å²) in [6.45, 7) is 7.87. The highest BCUT2D eigenvalue weighted by Gasteiger charge is 2.07. The number of rotatable bonds is 6. The van der Waals surface area contributed by atoms with Gasteiger partial charge in [-0.15, -0.1) is 0 Å². The van der Waals surface area contributed by atoms with E-state index in [2.05, 4.69) is 36.2 Å². The van der Waals surface area contributed by atoms with Gasteiger partial charge in [-0.3, -0.25) is 0 Å². The fourth-order valence-corrected chi connectivity index (χ4v) is 1.81. The number of nitriles is 2. The lowest BCUT2D eigenvalue weighted by atomic mass is 10.1. The van der Waals surface area contributed by atoms with Gasteiger partial charge >= 0.3 is 0 Å². The van der Waals surface area contributed by atoms with Crippen LogP contribution in [-0.2, 0) is 0 Å². The second kappa shape index (κ2) is 7.32. The molecule has 0 aliphatic rings. The summed E-state index contributed by atoms with van der Waals surface area (Å²) in [4.78, 5) is 2.29. The Kier molecular flexibility index (Phi) is 5.70. The molecule has 0 aliphatic heterocycles. The zero-order chi connectivity index (χ0) is 13.4. The average molecular weight is 242 g/mol. The Balaban J connectivity index is 2.73. The minimum Gasteiger partial charge on any atom is -0.382 e. The molecule has 94 valence electrons. The molecule has 0 aliphatic carbocycles. The Morgan fingerprint density at radius 1 is 1.11 bits per heavy atom. The van der Waals surface area contributed by atoms with Gasteiger partial charge in [0, 0.05) is 13.1 Å². The Morgan fingerprint density at radius 2 is 1.67 bits per heavy atom. The highest BCUT2D eigenvalue weighted by molar-refractivity contribution is 5.66. The molecule has 1 aromatic rings. The van der Waals surface area contributed by atoms with Crippen LogP contribution in [-0.4, -0.2) is 31.1 Å². The van der Waals surface area contributed by atoms with Gasteiger partial charge in [-0.05, 0) is 25.2 Å². The van der Waals surface area contributed by atoms with Crippen LogP contribution >= 0.6 is 0 Å². The molecule has 0 saturated carbocycles. The van der Waals surface area contributed by atoms with Crippen molar-refractivity contribution in [2.24, 2.45) is 0 Å².